The van der Waals surface area contributed by atoms with E-state index in [0.29, 0.717) is 0 Å². The predicted octanol–water partition coefficient (Wildman–Crippen LogP) is 2.87. The summed E-state index contributed by atoms with van der Waals surface area (Å²) >= 11 is 0. The molecule has 1 heteroatoms. The Morgan fingerprint density at radius 2 is 2.00 bits per heavy atom. The molecule has 0 atom stereocenters. The summed E-state index contributed by atoms with van der Waals surface area (Å²) in [5.41, 5.74) is 0. The van der Waals surface area contributed by atoms with Crippen LogP contribution in [0.4, 0.5) is 0 Å². The molecule has 1 nitrogen and oxygen atoms in total. The molecule has 70 valence electrons. The zero-order chi connectivity index (χ0) is 8.65. The van der Waals surface area contributed by atoms with Crippen molar-refractivity contribution < 1.29 is 0 Å². The molecule has 1 aliphatic rings. The molecule has 0 aromatic rings. The van der Waals surface area contributed by atoms with Gasteiger partial charge in [-0.05, 0) is 32.2 Å². The lowest BCUT2D eigenvalue weighted by atomic mass is 10.2. The van der Waals surface area contributed by atoms with Crippen LogP contribution in [0.5, 0.6) is 0 Å². The quantitative estimate of drug-likeness (QED) is 0.454. The summed E-state index contributed by atoms with van der Waals surface area (Å²) in [5.74, 6) is 0. The second-order valence-electron chi connectivity index (χ2n) is 3.63. The number of unbranched alkanes of at least 4 members (excludes halogenated alkanes) is 2. The van der Waals surface area contributed by atoms with Crippen molar-refractivity contribution in [1.82, 2.24) is 5.32 Å². The summed E-state index contributed by atoms with van der Waals surface area (Å²) in [6, 6.07) is 0.869. The van der Waals surface area contributed by atoms with Crippen molar-refractivity contribution in [2.75, 3.05) is 6.54 Å². The van der Waals surface area contributed by atoms with E-state index in [1.807, 2.05) is 0 Å². The van der Waals surface area contributed by atoms with E-state index < -0.39 is 0 Å². The third-order valence-electron chi connectivity index (χ3n) is 2.21. The van der Waals surface area contributed by atoms with Gasteiger partial charge in [0, 0.05) is 6.04 Å². The minimum Gasteiger partial charge on any atom is -0.314 e. The van der Waals surface area contributed by atoms with Crippen molar-refractivity contribution in [3.8, 4) is 0 Å². The normalized spacial score (nSPS) is 17.4. The molecule has 0 saturated heterocycles. The fourth-order valence-corrected chi connectivity index (χ4v) is 1.22. The van der Waals surface area contributed by atoms with Gasteiger partial charge in [-0.2, -0.15) is 0 Å². The van der Waals surface area contributed by atoms with Crippen LogP contribution in [0.15, 0.2) is 12.2 Å². The molecule has 12 heavy (non-hydrogen) atoms. The van der Waals surface area contributed by atoms with Crippen molar-refractivity contribution in [2.24, 2.45) is 0 Å². The lowest BCUT2D eigenvalue weighted by Crippen LogP contribution is -2.16. The summed E-state index contributed by atoms with van der Waals surface area (Å²) in [4.78, 5) is 0. The average molecular weight is 167 g/mol. The lowest BCUT2D eigenvalue weighted by molar-refractivity contribution is 0.689. The van der Waals surface area contributed by atoms with Crippen LogP contribution >= 0.6 is 0 Å². The summed E-state index contributed by atoms with van der Waals surface area (Å²) in [5, 5.41) is 3.50. The van der Waals surface area contributed by atoms with Gasteiger partial charge in [0.1, 0.15) is 0 Å². The molecule has 0 amide bonds. The van der Waals surface area contributed by atoms with E-state index in [1.165, 1.54) is 45.1 Å². The molecular weight excluding hydrogens is 146 g/mol. The number of hydrogen-bond donors (Lipinski definition) is 1. The molecule has 0 aromatic heterocycles. The van der Waals surface area contributed by atoms with Crippen LogP contribution in [-0.4, -0.2) is 12.6 Å². The maximum atomic E-state index is 3.50. The molecule has 0 bridgehead atoms. The van der Waals surface area contributed by atoms with Gasteiger partial charge in [-0.1, -0.05) is 31.9 Å². The fourth-order valence-electron chi connectivity index (χ4n) is 1.22. The highest BCUT2D eigenvalue weighted by Crippen LogP contribution is 2.18. The highest BCUT2D eigenvalue weighted by Gasteiger charge is 2.18. The van der Waals surface area contributed by atoms with Gasteiger partial charge in [-0.25, -0.2) is 0 Å². The van der Waals surface area contributed by atoms with E-state index >= 15 is 0 Å². The van der Waals surface area contributed by atoms with Crippen LogP contribution in [0.25, 0.3) is 0 Å². The highest BCUT2D eigenvalue weighted by atomic mass is 14.9. The molecule has 0 aromatic carbocycles. The minimum atomic E-state index is 0.869. The standard InChI is InChI=1S/C11H21N/c1-2-3-4-5-6-7-10-12-11-8-9-11/h5-6,11-12H,2-4,7-10H2,1H3. The molecule has 1 saturated carbocycles. The number of rotatable bonds is 7. The Kier molecular flexibility index (Phi) is 5.09. The third kappa shape index (κ3) is 5.36. The second kappa shape index (κ2) is 6.24. The van der Waals surface area contributed by atoms with E-state index in [1.54, 1.807) is 0 Å². The first-order valence-corrected chi connectivity index (χ1v) is 5.32. The first-order valence-electron chi connectivity index (χ1n) is 5.32. The Morgan fingerprint density at radius 1 is 1.25 bits per heavy atom. The van der Waals surface area contributed by atoms with Gasteiger partial charge >= 0.3 is 0 Å². The number of allylic oxidation sites excluding steroid dienone is 1. The smallest absolute Gasteiger partial charge is 0.00683 e. The van der Waals surface area contributed by atoms with Crippen LogP contribution in [0, 0.1) is 0 Å². The van der Waals surface area contributed by atoms with E-state index in [-0.39, 0.29) is 0 Å². The molecule has 1 fully saturated rings. The second-order valence-corrected chi connectivity index (χ2v) is 3.63. The predicted molar refractivity (Wildman–Crippen MR) is 54.3 cm³/mol. The molecule has 0 unspecified atom stereocenters. The van der Waals surface area contributed by atoms with Crippen LogP contribution in [-0.2, 0) is 0 Å². The van der Waals surface area contributed by atoms with Crippen LogP contribution in [0.3, 0.4) is 0 Å². The Bertz CT molecular complexity index is 125. The molecule has 0 heterocycles. The van der Waals surface area contributed by atoms with Crippen molar-refractivity contribution >= 4 is 0 Å². The first kappa shape index (κ1) is 9.79. The largest absolute Gasteiger partial charge is 0.314 e. The van der Waals surface area contributed by atoms with Crippen LogP contribution < -0.4 is 5.32 Å². The third-order valence-corrected chi connectivity index (χ3v) is 2.21. The molecule has 1 aliphatic carbocycles. The van der Waals surface area contributed by atoms with Crippen molar-refractivity contribution in [2.45, 2.75) is 51.5 Å². The van der Waals surface area contributed by atoms with Crippen molar-refractivity contribution in [3.05, 3.63) is 12.2 Å². The monoisotopic (exact) mass is 167 g/mol. The molecule has 1 N–H and O–H groups in total. The summed E-state index contributed by atoms with van der Waals surface area (Å²) in [7, 11) is 0. The van der Waals surface area contributed by atoms with Gasteiger partial charge in [0.15, 0.2) is 0 Å². The topological polar surface area (TPSA) is 12.0 Å². The molecule has 1 rings (SSSR count). The van der Waals surface area contributed by atoms with Crippen molar-refractivity contribution in [1.29, 1.82) is 0 Å². The zero-order valence-corrected chi connectivity index (χ0v) is 8.18. The van der Waals surface area contributed by atoms with Gasteiger partial charge in [-0.3, -0.25) is 0 Å². The van der Waals surface area contributed by atoms with E-state index in [9.17, 15) is 0 Å². The Balaban J connectivity index is 1.76. The minimum absolute atomic E-state index is 0.869. The van der Waals surface area contributed by atoms with Gasteiger partial charge in [0.25, 0.3) is 0 Å². The van der Waals surface area contributed by atoms with Gasteiger partial charge in [-0.15, -0.1) is 0 Å². The molecular formula is C11H21N. The number of nitrogens with one attached hydrogen (secondary N) is 1. The maximum absolute atomic E-state index is 3.50. The molecule has 0 spiro atoms. The van der Waals surface area contributed by atoms with Gasteiger partial charge in [0.2, 0.25) is 0 Å². The van der Waals surface area contributed by atoms with E-state index in [0.717, 1.165) is 6.04 Å². The SMILES string of the molecule is CCCCC=CCCNC1CC1. The zero-order valence-electron chi connectivity index (χ0n) is 8.18. The van der Waals surface area contributed by atoms with Gasteiger partial charge < -0.3 is 5.32 Å². The maximum Gasteiger partial charge on any atom is 0.00683 e. The summed E-state index contributed by atoms with van der Waals surface area (Å²) < 4.78 is 0. The average Bonchev–Trinajstić information content (AvgIpc) is 2.87. The van der Waals surface area contributed by atoms with Crippen molar-refractivity contribution in [3.63, 3.8) is 0 Å². The lowest BCUT2D eigenvalue weighted by Gasteiger charge is -1.97. The van der Waals surface area contributed by atoms with Gasteiger partial charge in [0.05, 0.1) is 0 Å². The van der Waals surface area contributed by atoms with Crippen LogP contribution in [0.2, 0.25) is 0 Å². The fraction of sp³-hybridized carbons (Fsp3) is 0.818. The first-order chi connectivity index (χ1) is 5.93. The molecule has 0 aliphatic heterocycles. The molecule has 0 radical (unpaired) electrons. The highest BCUT2D eigenvalue weighted by molar-refractivity contribution is 4.85. The van der Waals surface area contributed by atoms with E-state index in [4.69, 9.17) is 0 Å². The van der Waals surface area contributed by atoms with Crippen LogP contribution in [0.1, 0.15) is 45.4 Å². The summed E-state index contributed by atoms with van der Waals surface area (Å²) in [6.07, 6.45) is 12.6. The Labute approximate surface area is 76.2 Å². The summed E-state index contributed by atoms with van der Waals surface area (Å²) in [6.45, 7) is 3.41. The number of hydrogen-bond acceptors (Lipinski definition) is 1. The Morgan fingerprint density at radius 3 is 2.67 bits per heavy atom. The van der Waals surface area contributed by atoms with E-state index in [2.05, 4.69) is 24.4 Å². The Hall–Kier alpha value is -0.300.